The lowest BCUT2D eigenvalue weighted by atomic mass is 10.2. The van der Waals surface area contributed by atoms with Crippen molar-refractivity contribution >= 4 is 35.1 Å². The highest BCUT2D eigenvalue weighted by Crippen LogP contribution is 2.47. The van der Waals surface area contributed by atoms with Crippen LogP contribution in [0.2, 0.25) is 5.02 Å². The predicted octanol–water partition coefficient (Wildman–Crippen LogP) is 3.95. The zero-order valence-corrected chi connectivity index (χ0v) is 12.8. The molecule has 0 bridgehead atoms. The van der Waals surface area contributed by atoms with Crippen LogP contribution < -0.4 is 5.32 Å². The van der Waals surface area contributed by atoms with Gasteiger partial charge in [-0.2, -0.15) is 18.3 Å². The minimum Gasteiger partial charge on any atom is -0.310 e. The first-order chi connectivity index (χ1) is 10.8. The van der Waals surface area contributed by atoms with Crippen molar-refractivity contribution in [1.82, 2.24) is 9.78 Å². The van der Waals surface area contributed by atoms with Crippen molar-refractivity contribution in [2.75, 3.05) is 11.1 Å². The fourth-order valence-electron chi connectivity index (χ4n) is 2.20. The Morgan fingerprint density at radius 3 is 2.78 bits per heavy atom. The van der Waals surface area contributed by atoms with Crippen molar-refractivity contribution in [1.29, 1.82) is 0 Å². The molecule has 1 atom stereocenters. The summed E-state index contributed by atoms with van der Waals surface area (Å²) in [5, 5.41) is 4.38. The number of rotatable bonds is 1. The molecule has 4 nitrogen and oxygen atoms in total. The van der Waals surface area contributed by atoms with Gasteiger partial charge < -0.3 is 5.32 Å². The van der Waals surface area contributed by atoms with Crippen LogP contribution in [0.4, 0.5) is 23.4 Å². The van der Waals surface area contributed by atoms with Crippen LogP contribution in [0, 0.1) is 5.82 Å². The van der Waals surface area contributed by atoms with E-state index in [1.807, 2.05) is 0 Å². The SMILES string of the molecule is O=C1CSC(C(F)(F)F)c2cnn(-c3ccc(Cl)cc3F)c2N1. The van der Waals surface area contributed by atoms with Crippen LogP contribution in [0.25, 0.3) is 5.69 Å². The van der Waals surface area contributed by atoms with Crippen molar-refractivity contribution in [2.45, 2.75) is 11.4 Å². The molecular weight excluding hydrogens is 358 g/mol. The van der Waals surface area contributed by atoms with Crippen LogP contribution in [0.5, 0.6) is 0 Å². The van der Waals surface area contributed by atoms with Crippen molar-refractivity contribution in [2.24, 2.45) is 0 Å². The minimum absolute atomic E-state index is 0.108. The van der Waals surface area contributed by atoms with Gasteiger partial charge in [0.25, 0.3) is 0 Å². The molecule has 23 heavy (non-hydrogen) atoms. The zero-order valence-electron chi connectivity index (χ0n) is 11.2. The maximum absolute atomic E-state index is 14.0. The Balaban J connectivity index is 2.15. The molecule has 10 heteroatoms. The van der Waals surface area contributed by atoms with Crippen molar-refractivity contribution in [3.63, 3.8) is 0 Å². The first-order valence-electron chi connectivity index (χ1n) is 6.29. The maximum atomic E-state index is 14.0. The predicted molar refractivity (Wildman–Crippen MR) is 78.4 cm³/mol. The minimum atomic E-state index is -4.56. The van der Waals surface area contributed by atoms with E-state index < -0.39 is 23.2 Å². The van der Waals surface area contributed by atoms with Crippen LogP contribution >= 0.6 is 23.4 Å². The second kappa shape index (κ2) is 5.72. The highest BCUT2D eigenvalue weighted by atomic mass is 35.5. The molecule has 2 heterocycles. The quantitative estimate of drug-likeness (QED) is 0.778. The molecule has 0 radical (unpaired) electrons. The monoisotopic (exact) mass is 365 g/mol. The van der Waals surface area contributed by atoms with Gasteiger partial charge in [0, 0.05) is 10.6 Å². The molecule has 1 N–H and O–H groups in total. The van der Waals surface area contributed by atoms with E-state index in [9.17, 15) is 22.4 Å². The van der Waals surface area contributed by atoms with Gasteiger partial charge in [0.2, 0.25) is 5.91 Å². The first-order valence-corrected chi connectivity index (χ1v) is 7.71. The van der Waals surface area contributed by atoms with Gasteiger partial charge in [-0.3, -0.25) is 4.79 Å². The molecule has 0 aliphatic carbocycles. The molecule has 1 amide bonds. The van der Waals surface area contributed by atoms with Gasteiger partial charge in [-0.05, 0) is 18.2 Å². The Morgan fingerprint density at radius 2 is 2.13 bits per heavy atom. The molecule has 1 unspecified atom stereocenters. The Hall–Kier alpha value is -1.74. The fraction of sp³-hybridized carbons (Fsp3) is 0.231. The van der Waals surface area contributed by atoms with Crippen LogP contribution in [0.1, 0.15) is 10.8 Å². The molecule has 0 saturated carbocycles. The number of amides is 1. The van der Waals surface area contributed by atoms with Crippen molar-refractivity contribution < 1.29 is 22.4 Å². The highest BCUT2D eigenvalue weighted by Gasteiger charge is 2.45. The first kappa shape index (κ1) is 16.1. The van der Waals surface area contributed by atoms with E-state index in [1.165, 1.54) is 12.1 Å². The standard InChI is InChI=1S/C13H8ClF4N3OS/c14-6-1-2-9(8(15)3-6)21-12-7(4-19-21)11(13(16,17)18)23-5-10(22)20-12/h1-4,11H,5H2,(H,20,22). The number of benzene rings is 1. The zero-order chi connectivity index (χ0) is 16.8. The molecule has 1 aromatic carbocycles. The van der Waals surface area contributed by atoms with Gasteiger partial charge in [0.15, 0.2) is 0 Å². The molecule has 0 fully saturated rings. The van der Waals surface area contributed by atoms with Crippen molar-refractivity contribution in [3.05, 3.63) is 40.8 Å². The summed E-state index contributed by atoms with van der Waals surface area (Å²) in [6, 6.07) is 3.67. The third-order valence-corrected chi connectivity index (χ3v) is 4.67. The van der Waals surface area contributed by atoms with E-state index in [0.717, 1.165) is 16.9 Å². The topological polar surface area (TPSA) is 46.9 Å². The second-order valence-corrected chi connectivity index (χ2v) is 6.27. The maximum Gasteiger partial charge on any atom is 0.404 e. The third-order valence-electron chi connectivity index (χ3n) is 3.15. The van der Waals surface area contributed by atoms with Crippen LogP contribution in [-0.2, 0) is 4.79 Å². The van der Waals surface area contributed by atoms with E-state index in [0.29, 0.717) is 11.8 Å². The number of carbonyl (C=O) groups excluding carboxylic acids is 1. The number of hydrogen-bond donors (Lipinski definition) is 1. The number of nitrogens with one attached hydrogen (secondary N) is 1. The summed E-state index contributed by atoms with van der Waals surface area (Å²) in [4.78, 5) is 11.7. The summed E-state index contributed by atoms with van der Waals surface area (Å²) in [5.41, 5.74) is -0.327. The molecule has 122 valence electrons. The Kier molecular flexibility index (Phi) is 4.01. The normalized spacial score (nSPS) is 18.3. The fourth-order valence-corrected chi connectivity index (χ4v) is 3.29. The smallest absolute Gasteiger partial charge is 0.310 e. The molecular formula is C13H8ClF4N3OS. The molecule has 2 aromatic rings. The third kappa shape index (κ3) is 3.02. The molecule has 3 rings (SSSR count). The number of carbonyl (C=O) groups is 1. The number of fused-ring (bicyclic) bond motifs is 1. The average Bonchev–Trinajstić information content (AvgIpc) is 2.73. The molecule has 1 aliphatic rings. The lowest BCUT2D eigenvalue weighted by Crippen LogP contribution is -2.17. The van der Waals surface area contributed by atoms with Gasteiger partial charge >= 0.3 is 6.18 Å². The highest BCUT2D eigenvalue weighted by molar-refractivity contribution is 8.00. The van der Waals surface area contributed by atoms with E-state index >= 15 is 0 Å². The van der Waals surface area contributed by atoms with E-state index in [4.69, 9.17) is 11.6 Å². The van der Waals surface area contributed by atoms with Gasteiger partial charge in [-0.25, -0.2) is 9.07 Å². The number of thioether (sulfide) groups is 1. The van der Waals surface area contributed by atoms with Crippen LogP contribution in [-0.4, -0.2) is 27.6 Å². The number of alkyl halides is 3. The Morgan fingerprint density at radius 1 is 1.39 bits per heavy atom. The second-order valence-electron chi connectivity index (χ2n) is 4.74. The van der Waals surface area contributed by atoms with E-state index in [2.05, 4.69) is 10.4 Å². The lowest BCUT2D eigenvalue weighted by molar-refractivity contribution is -0.129. The summed E-state index contributed by atoms with van der Waals surface area (Å²) in [6.45, 7) is 0. The summed E-state index contributed by atoms with van der Waals surface area (Å²) in [5.74, 6) is -1.93. The molecule has 1 aromatic heterocycles. The molecule has 0 spiro atoms. The van der Waals surface area contributed by atoms with Crippen LogP contribution in [0.15, 0.2) is 24.4 Å². The number of nitrogens with zero attached hydrogens (tertiary/aromatic N) is 2. The summed E-state index contributed by atoms with van der Waals surface area (Å²) in [6.07, 6.45) is -3.57. The largest absolute Gasteiger partial charge is 0.404 e. The summed E-state index contributed by atoms with van der Waals surface area (Å²) in [7, 11) is 0. The van der Waals surface area contributed by atoms with E-state index in [-0.39, 0.29) is 27.8 Å². The number of halogens is 5. The summed E-state index contributed by atoms with van der Waals surface area (Å²) < 4.78 is 54.5. The Labute approximate surface area is 136 Å². The molecule has 0 saturated heterocycles. The van der Waals surface area contributed by atoms with Crippen molar-refractivity contribution in [3.8, 4) is 5.69 Å². The van der Waals surface area contributed by atoms with Gasteiger partial charge in [-0.1, -0.05) is 11.6 Å². The number of anilines is 1. The lowest BCUT2D eigenvalue weighted by Gasteiger charge is -2.17. The summed E-state index contributed by atoms with van der Waals surface area (Å²) >= 11 is 6.11. The van der Waals surface area contributed by atoms with Crippen LogP contribution in [0.3, 0.4) is 0 Å². The van der Waals surface area contributed by atoms with E-state index in [1.54, 1.807) is 0 Å². The number of hydrogen-bond acceptors (Lipinski definition) is 3. The molecule has 1 aliphatic heterocycles. The Bertz CT molecular complexity index is 777. The number of aromatic nitrogens is 2. The van der Waals surface area contributed by atoms with Gasteiger partial charge in [0.05, 0.1) is 11.9 Å². The van der Waals surface area contributed by atoms with Gasteiger partial charge in [0.1, 0.15) is 22.6 Å². The average molecular weight is 366 g/mol. The van der Waals surface area contributed by atoms with Gasteiger partial charge in [-0.15, -0.1) is 11.8 Å².